The first-order chi connectivity index (χ1) is 9.53. The largest absolute Gasteiger partial charge is 0.313 e. The third-order valence-electron chi connectivity index (χ3n) is 4.03. The van der Waals surface area contributed by atoms with Crippen LogP contribution in [0.3, 0.4) is 0 Å². The fourth-order valence-corrected chi connectivity index (χ4v) is 4.19. The van der Waals surface area contributed by atoms with E-state index in [1.807, 2.05) is 6.92 Å². The molecule has 0 saturated heterocycles. The van der Waals surface area contributed by atoms with Crippen molar-refractivity contribution in [2.75, 3.05) is 6.54 Å². The van der Waals surface area contributed by atoms with E-state index in [0.717, 1.165) is 38.6 Å². The molecule has 6 nitrogen and oxygen atoms in total. The van der Waals surface area contributed by atoms with Gasteiger partial charge in [0.2, 0.25) is 0 Å². The van der Waals surface area contributed by atoms with Crippen molar-refractivity contribution in [3.8, 4) is 0 Å². The molecule has 1 heterocycles. The van der Waals surface area contributed by atoms with Gasteiger partial charge in [-0.15, -0.1) is 0 Å². The third kappa shape index (κ3) is 3.21. The number of rotatable bonds is 8. The van der Waals surface area contributed by atoms with E-state index in [-0.39, 0.29) is 10.6 Å². The summed E-state index contributed by atoms with van der Waals surface area (Å²) in [7, 11) is -3.52. The summed E-state index contributed by atoms with van der Waals surface area (Å²) in [6.45, 7) is 5.47. The topological polar surface area (TPSA) is 86.9 Å². The van der Waals surface area contributed by atoms with Crippen LogP contribution in [0, 0.1) is 0 Å². The Bertz CT molecular complexity index is 529. The van der Waals surface area contributed by atoms with Crippen LogP contribution in [0.5, 0.6) is 0 Å². The van der Waals surface area contributed by atoms with Crippen molar-refractivity contribution >= 4 is 10.0 Å². The summed E-state index contributed by atoms with van der Waals surface area (Å²) in [6, 6.07) is 0. The Labute approximate surface area is 120 Å². The molecular formula is C13H24N4O2S. The molecule has 0 amide bonds. The monoisotopic (exact) mass is 300 g/mol. The van der Waals surface area contributed by atoms with E-state index in [9.17, 15) is 8.42 Å². The first kappa shape index (κ1) is 15.5. The predicted octanol–water partition coefficient (Wildman–Crippen LogP) is 1.52. The second kappa shape index (κ2) is 6.24. The van der Waals surface area contributed by atoms with Crippen LogP contribution in [-0.2, 0) is 16.6 Å². The molecule has 114 valence electrons. The summed E-state index contributed by atoms with van der Waals surface area (Å²) >= 11 is 0. The minimum Gasteiger partial charge on any atom is -0.313 e. The van der Waals surface area contributed by atoms with Crippen LogP contribution in [0.15, 0.2) is 11.2 Å². The Hall–Kier alpha value is -0.920. The van der Waals surface area contributed by atoms with Crippen molar-refractivity contribution in [1.29, 1.82) is 0 Å². The van der Waals surface area contributed by atoms with Crippen molar-refractivity contribution in [3.05, 3.63) is 11.8 Å². The Morgan fingerprint density at radius 2 is 2.15 bits per heavy atom. The van der Waals surface area contributed by atoms with E-state index in [4.69, 9.17) is 0 Å². The number of hydrogen-bond donors (Lipinski definition) is 3. The van der Waals surface area contributed by atoms with Crippen molar-refractivity contribution in [3.63, 3.8) is 0 Å². The van der Waals surface area contributed by atoms with Gasteiger partial charge in [0, 0.05) is 17.6 Å². The molecule has 1 aromatic rings. The summed E-state index contributed by atoms with van der Waals surface area (Å²) in [4.78, 5) is 0. The highest BCUT2D eigenvalue weighted by atomic mass is 32.2. The average Bonchev–Trinajstić information content (AvgIpc) is 2.83. The molecule has 0 atom stereocenters. The quantitative estimate of drug-likeness (QED) is 0.635. The van der Waals surface area contributed by atoms with Gasteiger partial charge in [0.25, 0.3) is 10.0 Å². The minimum absolute atomic E-state index is 0.195. The van der Waals surface area contributed by atoms with Crippen molar-refractivity contribution < 1.29 is 8.42 Å². The number of nitrogens with zero attached hydrogens (tertiary/aromatic N) is 1. The highest BCUT2D eigenvalue weighted by Crippen LogP contribution is 2.36. The molecule has 1 aromatic heterocycles. The summed E-state index contributed by atoms with van der Waals surface area (Å²) < 4.78 is 27.9. The van der Waals surface area contributed by atoms with Gasteiger partial charge in [0.15, 0.2) is 5.03 Å². The van der Waals surface area contributed by atoms with Gasteiger partial charge in [-0.25, -0.2) is 13.1 Å². The van der Waals surface area contributed by atoms with Gasteiger partial charge in [-0.05, 0) is 38.6 Å². The van der Waals surface area contributed by atoms with Crippen LogP contribution >= 0.6 is 0 Å². The molecule has 7 heteroatoms. The molecule has 0 spiro atoms. The SMILES string of the molecule is CCCNCc1cn[nH]c1S(=O)(=O)NC1(CC)CCC1. The molecule has 0 aromatic carbocycles. The number of sulfonamides is 1. The number of aromatic nitrogens is 2. The van der Waals surface area contributed by atoms with Gasteiger partial charge in [-0.3, -0.25) is 5.10 Å². The summed E-state index contributed by atoms with van der Waals surface area (Å²) in [5.74, 6) is 0. The molecule has 20 heavy (non-hydrogen) atoms. The van der Waals surface area contributed by atoms with Gasteiger partial charge < -0.3 is 5.32 Å². The lowest BCUT2D eigenvalue weighted by atomic mass is 9.76. The van der Waals surface area contributed by atoms with Crippen molar-refractivity contribution in [2.45, 2.75) is 63.1 Å². The minimum atomic E-state index is -3.52. The second-order valence-electron chi connectivity index (χ2n) is 5.49. The van der Waals surface area contributed by atoms with Crippen LogP contribution in [-0.4, -0.2) is 30.7 Å². The molecule has 0 radical (unpaired) electrons. The van der Waals surface area contributed by atoms with Crippen molar-refractivity contribution in [1.82, 2.24) is 20.2 Å². The van der Waals surface area contributed by atoms with E-state index in [0.29, 0.717) is 12.1 Å². The molecule has 1 aliphatic carbocycles. The first-order valence-electron chi connectivity index (χ1n) is 7.30. The second-order valence-corrected chi connectivity index (χ2v) is 7.11. The van der Waals surface area contributed by atoms with Crippen LogP contribution in [0.1, 0.15) is 51.5 Å². The maximum Gasteiger partial charge on any atom is 0.258 e. The van der Waals surface area contributed by atoms with E-state index in [1.54, 1.807) is 6.20 Å². The summed E-state index contributed by atoms with van der Waals surface area (Å²) in [5, 5.41) is 9.91. The summed E-state index contributed by atoms with van der Waals surface area (Å²) in [5.41, 5.74) is 0.439. The van der Waals surface area contributed by atoms with E-state index >= 15 is 0 Å². The smallest absolute Gasteiger partial charge is 0.258 e. The van der Waals surface area contributed by atoms with Crippen LogP contribution < -0.4 is 10.0 Å². The highest BCUT2D eigenvalue weighted by molar-refractivity contribution is 7.89. The standard InChI is InChI=1S/C13H24N4O2S/c1-3-8-14-9-11-10-15-16-12(11)20(18,19)17-13(4-2)6-5-7-13/h10,14,17H,3-9H2,1-2H3,(H,15,16). The molecular weight excluding hydrogens is 276 g/mol. The van der Waals surface area contributed by atoms with Gasteiger partial charge in [0.1, 0.15) is 0 Å². The third-order valence-corrected chi connectivity index (χ3v) is 5.62. The summed E-state index contributed by atoms with van der Waals surface area (Å²) in [6.07, 6.45) is 6.34. The van der Waals surface area contributed by atoms with Gasteiger partial charge >= 0.3 is 0 Å². The normalized spacial score (nSPS) is 17.9. The Balaban J connectivity index is 2.11. The van der Waals surface area contributed by atoms with E-state index in [2.05, 4.69) is 27.2 Å². The lowest BCUT2D eigenvalue weighted by Gasteiger charge is -2.41. The van der Waals surface area contributed by atoms with Gasteiger partial charge in [-0.1, -0.05) is 13.8 Å². The molecule has 2 rings (SSSR count). The number of hydrogen-bond acceptors (Lipinski definition) is 4. The lowest BCUT2D eigenvalue weighted by Crippen LogP contribution is -2.53. The zero-order chi connectivity index (χ0) is 14.6. The first-order valence-corrected chi connectivity index (χ1v) is 8.78. The Morgan fingerprint density at radius 3 is 2.70 bits per heavy atom. The number of nitrogens with one attached hydrogen (secondary N) is 3. The molecule has 1 aliphatic rings. The molecule has 1 fully saturated rings. The van der Waals surface area contributed by atoms with Crippen LogP contribution in [0.25, 0.3) is 0 Å². The van der Waals surface area contributed by atoms with Crippen LogP contribution in [0.2, 0.25) is 0 Å². The van der Waals surface area contributed by atoms with E-state index in [1.165, 1.54) is 0 Å². The molecule has 1 saturated carbocycles. The fraction of sp³-hybridized carbons (Fsp3) is 0.769. The number of H-pyrrole nitrogens is 1. The average molecular weight is 300 g/mol. The molecule has 0 aliphatic heterocycles. The zero-order valence-corrected chi connectivity index (χ0v) is 13.0. The Morgan fingerprint density at radius 1 is 1.40 bits per heavy atom. The van der Waals surface area contributed by atoms with Gasteiger partial charge in [0.05, 0.1) is 6.20 Å². The van der Waals surface area contributed by atoms with E-state index < -0.39 is 10.0 Å². The number of aromatic amines is 1. The Kier molecular flexibility index (Phi) is 4.82. The maximum absolute atomic E-state index is 12.5. The van der Waals surface area contributed by atoms with Gasteiger partial charge in [-0.2, -0.15) is 5.10 Å². The highest BCUT2D eigenvalue weighted by Gasteiger charge is 2.40. The zero-order valence-electron chi connectivity index (χ0n) is 12.2. The molecule has 3 N–H and O–H groups in total. The molecule has 0 unspecified atom stereocenters. The predicted molar refractivity (Wildman–Crippen MR) is 77.8 cm³/mol. The lowest BCUT2D eigenvalue weighted by molar-refractivity contribution is 0.213. The van der Waals surface area contributed by atoms with Crippen molar-refractivity contribution in [2.24, 2.45) is 0 Å². The fourth-order valence-electron chi connectivity index (χ4n) is 2.53. The maximum atomic E-state index is 12.5. The van der Waals surface area contributed by atoms with Crippen LogP contribution in [0.4, 0.5) is 0 Å². The molecule has 0 bridgehead atoms.